The van der Waals surface area contributed by atoms with E-state index in [0.29, 0.717) is 17.8 Å². The highest BCUT2D eigenvalue weighted by Gasteiger charge is 2.43. The highest BCUT2D eigenvalue weighted by Crippen LogP contribution is 2.20. The number of anilines is 1. The van der Waals surface area contributed by atoms with E-state index in [1.165, 1.54) is 4.90 Å². The Labute approximate surface area is 161 Å². The van der Waals surface area contributed by atoms with Crippen LogP contribution in [0, 0.1) is 0 Å². The van der Waals surface area contributed by atoms with Crippen LogP contribution in [0.1, 0.15) is 23.7 Å². The molecule has 2 aromatic heterocycles. The molecule has 0 aliphatic carbocycles. The number of carboxylic acids is 1. The summed E-state index contributed by atoms with van der Waals surface area (Å²) in [6.45, 7) is 1.85. The highest BCUT2D eigenvalue weighted by atomic mass is 16.4. The summed E-state index contributed by atoms with van der Waals surface area (Å²) < 4.78 is 0. The molecule has 0 aliphatic heterocycles. The molecule has 1 atom stereocenters. The molecule has 0 spiro atoms. The van der Waals surface area contributed by atoms with Gasteiger partial charge in [0.15, 0.2) is 0 Å². The zero-order valence-electron chi connectivity index (χ0n) is 15.4. The molecule has 5 N–H and O–H groups in total. The molecular formula is C19H22N6O3. The van der Waals surface area contributed by atoms with Crippen molar-refractivity contribution < 1.29 is 14.7 Å². The lowest BCUT2D eigenvalue weighted by atomic mass is 10.1. The normalized spacial score (nSPS) is 13.1. The number of rotatable bonds is 8. The molecule has 0 radical (unpaired) electrons. The molecule has 3 aromatic rings. The zero-order chi connectivity index (χ0) is 20.1. The molecule has 9 nitrogen and oxygen atoms in total. The Kier molecular flexibility index (Phi) is 5.55. The second-order valence-electron chi connectivity index (χ2n) is 6.43. The highest BCUT2D eigenvalue weighted by molar-refractivity contribution is 6.00. The minimum atomic E-state index is -1.95. The molecule has 0 aliphatic rings. The van der Waals surface area contributed by atoms with E-state index >= 15 is 0 Å². The number of hydrogen-bond acceptors (Lipinski definition) is 6. The van der Waals surface area contributed by atoms with Gasteiger partial charge < -0.3 is 15.3 Å². The number of H-pyrrole nitrogens is 1. The number of pyridine rings is 1. The van der Waals surface area contributed by atoms with E-state index in [0.717, 1.165) is 10.9 Å². The number of aromatic amines is 1. The second-order valence-corrected chi connectivity index (χ2v) is 6.43. The van der Waals surface area contributed by atoms with Crippen LogP contribution in [0.4, 0.5) is 5.82 Å². The van der Waals surface area contributed by atoms with Gasteiger partial charge in [-0.25, -0.2) is 9.78 Å². The third-order valence-corrected chi connectivity index (χ3v) is 4.44. The van der Waals surface area contributed by atoms with Gasteiger partial charge in [-0.1, -0.05) is 13.0 Å². The van der Waals surface area contributed by atoms with Gasteiger partial charge in [-0.15, -0.1) is 0 Å². The average Bonchev–Trinajstić information content (AvgIpc) is 3.18. The first-order chi connectivity index (χ1) is 13.5. The lowest BCUT2D eigenvalue weighted by molar-refractivity contribution is -0.148. The number of fused-ring (bicyclic) bond motifs is 1. The number of aliphatic carboxylic acids is 1. The summed E-state index contributed by atoms with van der Waals surface area (Å²) in [5.41, 5.74) is 5.43. The molecule has 0 fully saturated rings. The fraction of sp³-hybridized carbons (Fsp3) is 0.263. The Hall–Kier alpha value is -3.46. The predicted molar refractivity (Wildman–Crippen MR) is 105 cm³/mol. The van der Waals surface area contributed by atoms with E-state index in [1.807, 2.05) is 6.92 Å². The van der Waals surface area contributed by atoms with Gasteiger partial charge in [-0.05, 0) is 36.8 Å². The van der Waals surface area contributed by atoms with Crippen molar-refractivity contribution in [1.82, 2.24) is 20.1 Å². The van der Waals surface area contributed by atoms with Gasteiger partial charge in [0.05, 0.1) is 18.3 Å². The molecule has 0 bridgehead atoms. The summed E-state index contributed by atoms with van der Waals surface area (Å²) >= 11 is 0. The fourth-order valence-corrected chi connectivity index (χ4v) is 2.92. The van der Waals surface area contributed by atoms with Gasteiger partial charge in [0.2, 0.25) is 5.66 Å². The Morgan fingerprint density at radius 3 is 2.82 bits per heavy atom. The van der Waals surface area contributed by atoms with Crippen molar-refractivity contribution >= 4 is 28.6 Å². The quantitative estimate of drug-likeness (QED) is 0.435. The van der Waals surface area contributed by atoms with Crippen molar-refractivity contribution in [1.29, 1.82) is 0 Å². The summed E-state index contributed by atoms with van der Waals surface area (Å²) in [6, 6.07) is 10.2. The first kappa shape index (κ1) is 19.3. The van der Waals surface area contributed by atoms with E-state index < -0.39 is 17.5 Å². The van der Waals surface area contributed by atoms with Crippen molar-refractivity contribution in [3.8, 4) is 0 Å². The van der Waals surface area contributed by atoms with Crippen molar-refractivity contribution in [3.63, 3.8) is 0 Å². The first-order valence-electron chi connectivity index (χ1n) is 8.88. The number of nitrogens with one attached hydrogen (secondary N) is 2. The average molecular weight is 382 g/mol. The van der Waals surface area contributed by atoms with Crippen LogP contribution in [0.15, 0.2) is 48.8 Å². The lowest BCUT2D eigenvalue weighted by Crippen LogP contribution is -2.67. The molecule has 2 heterocycles. The number of nitrogens with zero attached hydrogens (tertiary/aromatic N) is 3. The van der Waals surface area contributed by atoms with Gasteiger partial charge in [0.25, 0.3) is 5.91 Å². The molecular weight excluding hydrogens is 360 g/mol. The van der Waals surface area contributed by atoms with E-state index in [-0.39, 0.29) is 13.1 Å². The third-order valence-electron chi connectivity index (χ3n) is 4.44. The molecule has 28 heavy (non-hydrogen) atoms. The number of amides is 1. The van der Waals surface area contributed by atoms with Gasteiger partial charge >= 0.3 is 5.97 Å². The molecule has 1 aromatic carbocycles. The van der Waals surface area contributed by atoms with Crippen LogP contribution in [-0.2, 0) is 4.79 Å². The Balaban J connectivity index is 1.91. The standard InChI is InChI=1S/C19H22N6O3/c1-2-9-25(17(26)13-6-7-15-14(10-13)11-23-24-15)19(20,18(27)28)12-22-16-5-3-4-8-21-16/h3-8,10-11H,2,9,12,20H2,1H3,(H,21,22)(H,23,24)(H,27,28)/t19-/m0/s1. The van der Waals surface area contributed by atoms with Crippen molar-refractivity contribution in [2.45, 2.75) is 19.0 Å². The fourth-order valence-electron chi connectivity index (χ4n) is 2.92. The van der Waals surface area contributed by atoms with Crippen LogP contribution >= 0.6 is 0 Å². The van der Waals surface area contributed by atoms with Crippen LogP contribution in [-0.4, -0.2) is 55.8 Å². The summed E-state index contributed by atoms with van der Waals surface area (Å²) in [7, 11) is 0. The lowest BCUT2D eigenvalue weighted by Gasteiger charge is -2.37. The number of carboxylic acid groups (broad SMARTS) is 1. The van der Waals surface area contributed by atoms with Crippen LogP contribution in [0.3, 0.4) is 0 Å². The predicted octanol–water partition coefficient (Wildman–Crippen LogP) is 1.66. The maximum absolute atomic E-state index is 13.2. The van der Waals surface area contributed by atoms with Gasteiger partial charge in [-0.3, -0.25) is 15.6 Å². The van der Waals surface area contributed by atoms with E-state index in [1.54, 1.807) is 48.8 Å². The third kappa shape index (κ3) is 3.79. The minimum absolute atomic E-state index is 0.189. The van der Waals surface area contributed by atoms with Crippen molar-refractivity contribution in [2.75, 3.05) is 18.4 Å². The second kappa shape index (κ2) is 8.05. The summed E-state index contributed by atoms with van der Waals surface area (Å²) in [5, 5.41) is 20.3. The monoisotopic (exact) mass is 382 g/mol. The number of aromatic nitrogens is 3. The maximum atomic E-state index is 13.2. The van der Waals surface area contributed by atoms with Crippen LogP contribution in [0.5, 0.6) is 0 Å². The van der Waals surface area contributed by atoms with Crippen molar-refractivity contribution in [3.05, 3.63) is 54.4 Å². The van der Waals surface area contributed by atoms with Gasteiger partial charge in [-0.2, -0.15) is 5.10 Å². The topological polar surface area (TPSA) is 137 Å². The number of carbonyl (C=O) groups is 2. The molecule has 0 saturated heterocycles. The Morgan fingerprint density at radius 2 is 2.14 bits per heavy atom. The maximum Gasteiger partial charge on any atom is 0.346 e. The van der Waals surface area contributed by atoms with Gasteiger partial charge in [0.1, 0.15) is 5.82 Å². The van der Waals surface area contributed by atoms with Crippen LogP contribution in [0.25, 0.3) is 10.9 Å². The largest absolute Gasteiger partial charge is 0.478 e. The first-order valence-corrected chi connectivity index (χ1v) is 8.88. The smallest absolute Gasteiger partial charge is 0.346 e. The molecule has 0 saturated carbocycles. The Bertz CT molecular complexity index is 974. The molecule has 146 valence electrons. The van der Waals surface area contributed by atoms with Crippen LogP contribution < -0.4 is 11.1 Å². The van der Waals surface area contributed by atoms with E-state index in [9.17, 15) is 14.7 Å². The van der Waals surface area contributed by atoms with Gasteiger partial charge in [0, 0.05) is 23.7 Å². The minimum Gasteiger partial charge on any atom is -0.478 e. The van der Waals surface area contributed by atoms with Crippen LogP contribution in [0.2, 0.25) is 0 Å². The van der Waals surface area contributed by atoms with E-state index in [2.05, 4.69) is 20.5 Å². The molecule has 9 heteroatoms. The SMILES string of the molecule is CCCN(C(=O)c1ccc2[nH]ncc2c1)[C@@](N)(CNc1ccccn1)C(=O)O. The summed E-state index contributed by atoms with van der Waals surface area (Å²) in [6.07, 6.45) is 3.73. The van der Waals surface area contributed by atoms with E-state index in [4.69, 9.17) is 5.73 Å². The number of benzene rings is 1. The number of carbonyl (C=O) groups excluding carboxylic acids is 1. The number of nitrogens with two attached hydrogens (primary N) is 1. The molecule has 0 unspecified atom stereocenters. The zero-order valence-corrected chi connectivity index (χ0v) is 15.4. The Morgan fingerprint density at radius 1 is 1.32 bits per heavy atom. The van der Waals surface area contributed by atoms with Crippen molar-refractivity contribution in [2.24, 2.45) is 5.73 Å². The summed E-state index contributed by atoms with van der Waals surface area (Å²) in [5.74, 6) is -1.29. The summed E-state index contributed by atoms with van der Waals surface area (Å²) in [4.78, 5) is 30.5. The molecule has 1 amide bonds. The number of hydrogen-bond donors (Lipinski definition) is 4. The molecule has 3 rings (SSSR count).